The number of nitrogens with zero attached hydrogens (tertiary/aromatic N) is 2. The van der Waals surface area contributed by atoms with E-state index in [1.165, 1.54) is 0 Å². The molecule has 0 saturated heterocycles. The smallest absolute Gasteiger partial charge is 0.262 e. The van der Waals surface area contributed by atoms with Gasteiger partial charge in [0.1, 0.15) is 6.04 Å². The molecule has 0 bridgehead atoms. The molecule has 1 N–H and O–H groups in total. The first-order chi connectivity index (χ1) is 15.1. The maximum Gasteiger partial charge on any atom is 0.262 e. The molecule has 4 rings (SSSR count). The van der Waals surface area contributed by atoms with Gasteiger partial charge in [-0.2, -0.15) is 5.26 Å². The number of anilines is 1. The van der Waals surface area contributed by atoms with Crippen molar-refractivity contribution in [3.63, 3.8) is 0 Å². The number of nitriles is 1. The van der Waals surface area contributed by atoms with Gasteiger partial charge in [0.25, 0.3) is 11.8 Å². The Bertz CT molecular complexity index is 1150. The van der Waals surface area contributed by atoms with Gasteiger partial charge in [-0.15, -0.1) is 0 Å². The molecule has 0 unspecified atom stereocenters. The first-order valence-electron chi connectivity index (χ1n) is 9.86. The standard InChI is InChI=1S/C25H19N3O3/c26-15-14-17-10-12-19(13-11-17)27-23(29)22(16-18-6-2-1-3-7-18)28-24(30)20-8-4-5-9-21(20)25(28)31/h1-13,22H,14,16H2,(H,27,29)/t22-/m0/s1. The van der Waals surface area contributed by atoms with Crippen LogP contribution in [0.2, 0.25) is 0 Å². The van der Waals surface area contributed by atoms with Crippen LogP contribution in [0.4, 0.5) is 5.69 Å². The van der Waals surface area contributed by atoms with Crippen molar-refractivity contribution in [1.82, 2.24) is 4.90 Å². The Labute approximate surface area is 179 Å². The second-order valence-corrected chi connectivity index (χ2v) is 7.25. The SMILES string of the molecule is N#CCc1ccc(NC(=O)[C@H](Cc2ccccc2)N2C(=O)c3ccccc3C2=O)cc1. The summed E-state index contributed by atoms with van der Waals surface area (Å²) in [5.74, 6) is -1.39. The van der Waals surface area contributed by atoms with Crippen LogP contribution in [0.1, 0.15) is 31.8 Å². The quantitative estimate of drug-likeness (QED) is 0.630. The number of hydrogen-bond acceptors (Lipinski definition) is 4. The van der Waals surface area contributed by atoms with Crippen LogP contribution >= 0.6 is 0 Å². The van der Waals surface area contributed by atoms with Gasteiger partial charge in [0.05, 0.1) is 23.6 Å². The molecule has 0 radical (unpaired) electrons. The lowest BCUT2D eigenvalue weighted by molar-refractivity contribution is -0.119. The van der Waals surface area contributed by atoms with Gasteiger partial charge in [0, 0.05) is 12.1 Å². The van der Waals surface area contributed by atoms with E-state index in [-0.39, 0.29) is 12.8 Å². The molecule has 31 heavy (non-hydrogen) atoms. The molecule has 3 aromatic carbocycles. The molecule has 3 amide bonds. The van der Waals surface area contributed by atoms with Crippen LogP contribution in [-0.2, 0) is 17.6 Å². The van der Waals surface area contributed by atoms with E-state index in [0.29, 0.717) is 16.8 Å². The van der Waals surface area contributed by atoms with Gasteiger partial charge in [0.15, 0.2) is 0 Å². The lowest BCUT2D eigenvalue weighted by atomic mass is 10.0. The van der Waals surface area contributed by atoms with Crippen LogP contribution in [-0.4, -0.2) is 28.7 Å². The summed E-state index contributed by atoms with van der Waals surface area (Å²) in [6, 6.07) is 23.8. The number of rotatable bonds is 6. The lowest BCUT2D eigenvalue weighted by Gasteiger charge is -2.25. The van der Waals surface area contributed by atoms with Gasteiger partial charge in [-0.05, 0) is 35.4 Å². The zero-order valence-corrected chi connectivity index (χ0v) is 16.6. The Morgan fingerprint density at radius 1 is 0.839 bits per heavy atom. The number of nitrogens with one attached hydrogen (secondary N) is 1. The molecule has 0 saturated carbocycles. The third kappa shape index (κ3) is 4.07. The van der Waals surface area contributed by atoms with Crippen LogP contribution in [0.15, 0.2) is 78.9 Å². The summed E-state index contributed by atoms with van der Waals surface area (Å²) in [7, 11) is 0. The largest absolute Gasteiger partial charge is 0.324 e. The van der Waals surface area contributed by atoms with Gasteiger partial charge in [-0.1, -0.05) is 54.6 Å². The summed E-state index contributed by atoms with van der Waals surface area (Å²) < 4.78 is 0. The van der Waals surface area contributed by atoms with Crippen molar-refractivity contribution in [1.29, 1.82) is 5.26 Å². The van der Waals surface area contributed by atoms with Gasteiger partial charge < -0.3 is 5.32 Å². The Morgan fingerprint density at radius 2 is 1.42 bits per heavy atom. The topological polar surface area (TPSA) is 90.3 Å². The van der Waals surface area contributed by atoms with Crippen molar-refractivity contribution >= 4 is 23.4 Å². The zero-order valence-electron chi connectivity index (χ0n) is 16.6. The summed E-state index contributed by atoms with van der Waals surface area (Å²) in [6.45, 7) is 0. The highest BCUT2D eigenvalue weighted by atomic mass is 16.2. The number of imide groups is 1. The summed E-state index contributed by atoms with van der Waals surface area (Å²) in [5, 5.41) is 11.6. The Kier molecular flexibility index (Phi) is 5.59. The molecule has 152 valence electrons. The van der Waals surface area contributed by atoms with E-state index >= 15 is 0 Å². The lowest BCUT2D eigenvalue weighted by Crippen LogP contribution is -2.48. The highest BCUT2D eigenvalue weighted by Gasteiger charge is 2.42. The number of fused-ring (bicyclic) bond motifs is 1. The predicted molar refractivity (Wildman–Crippen MR) is 115 cm³/mol. The third-order valence-corrected chi connectivity index (χ3v) is 5.22. The zero-order chi connectivity index (χ0) is 21.8. The predicted octanol–water partition coefficient (Wildman–Crippen LogP) is 3.60. The van der Waals surface area contributed by atoms with Crippen molar-refractivity contribution in [2.75, 3.05) is 5.32 Å². The van der Waals surface area contributed by atoms with Crippen molar-refractivity contribution < 1.29 is 14.4 Å². The van der Waals surface area contributed by atoms with E-state index in [2.05, 4.69) is 11.4 Å². The Morgan fingerprint density at radius 3 is 2.00 bits per heavy atom. The Balaban J connectivity index is 1.63. The molecule has 1 aliphatic heterocycles. The van der Waals surface area contributed by atoms with E-state index in [1.54, 1.807) is 48.5 Å². The number of amides is 3. The molecule has 0 aliphatic carbocycles. The average molecular weight is 409 g/mol. The number of benzene rings is 3. The van der Waals surface area contributed by atoms with Gasteiger partial charge in [-0.3, -0.25) is 19.3 Å². The van der Waals surface area contributed by atoms with Crippen LogP contribution in [0, 0.1) is 11.3 Å². The molecule has 1 aliphatic rings. The van der Waals surface area contributed by atoms with Crippen LogP contribution in [0.5, 0.6) is 0 Å². The molecular formula is C25H19N3O3. The normalized spacial score (nSPS) is 13.5. The van der Waals surface area contributed by atoms with Crippen LogP contribution in [0.3, 0.4) is 0 Å². The minimum absolute atomic E-state index is 0.199. The third-order valence-electron chi connectivity index (χ3n) is 5.22. The van der Waals surface area contributed by atoms with E-state index in [0.717, 1.165) is 16.0 Å². The highest BCUT2D eigenvalue weighted by molar-refractivity contribution is 6.23. The second kappa shape index (κ2) is 8.64. The van der Waals surface area contributed by atoms with E-state index in [1.807, 2.05) is 30.3 Å². The summed E-state index contributed by atoms with van der Waals surface area (Å²) in [6.07, 6.45) is 0.477. The Hall–Kier alpha value is -4.24. The van der Waals surface area contributed by atoms with Crippen molar-refractivity contribution in [2.45, 2.75) is 18.9 Å². The fourth-order valence-corrected chi connectivity index (χ4v) is 3.65. The molecule has 0 aromatic heterocycles. The van der Waals surface area contributed by atoms with Crippen molar-refractivity contribution in [3.8, 4) is 6.07 Å². The minimum Gasteiger partial charge on any atom is -0.324 e. The molecule has 3 aromatic rings. The van der Waals surface area contributed by atoms with E-state index in [9.17, 15) is 14.4 Å². The second-order valence-electron chi connectivity index (χ2n) is 7.25. The fraction of sp³-hybridized carbons (Fsp3) is 0.120. The minimum atomic E-state index is -1.01. The maximum absolute atomic E-state index is 13.2. The fourth-order valence-electron chi connectivity index (χ4n) is 3.65. The van der Waals surface area contributed by atoms with Crippen LogP contribution in [0.25, 0.3) is 0 Å². The molecule has 6 nitrogen and oxygen atoms in total. The maximum atomic E-state index is 13.2. The molecule has 0 spiro atoms. The molecule has 1 heterocycles. The first kappa shape index (κ1) is 20.0. The average Bonchev–Trinajstić information content (AvgIpc) is 3.05. The van der Waals surface area contributed by atoms with Crippen LogP contribution < -0.4 is 5.32 Å². The molecular weight excluding hydrogens is 390 g/mol. The van der Waals surface area contributed by atoms with E-state index in [4.69, 9.17) is 5.26 Å². The summed E-state index contributed by atoms with van der Waals surface area (Å²) in [4.78, 5) is 40.3. The van der Waals surface area contributed by atoms with Gasteiger partial charge >= 0.3 is 0 Å². The van der Waals surface area contributed by atoms with Crippen molar-refractivity contribution in [3.05, 3.63) is 101 Å². The molecule has 0 fully saturated rings. The van der Waals surface area contributed by atoms with E-state index < -0.39 is 23.8 Å². The number of hydrogen-bond donors (Lipinski definition) is 1. The molecule has 6 heteroatoms. The van der Waals surface area contributed by atoms with Crippen molar-refractivity contribution in [2.24, 2.45) is 0 Å². The highest BCUT2D eigenvalue weighted by Crippen LogP contribution is 2.26. The number of carbonyl (C=O) groups is 3. The molecule has 1 atom stereocenters. The summed E-state index contributed by atoms with van der Waals surface area (Å²) in [5.41, 5.74) is 2.81. The van der Waals surface area contributed by atoms with Gasteiger partial charge in [-0.25, -0.2) is 0 Å². The summed E-state index contributed by atoms with van der Waals surface area (Å²) >= 11 is 0. The number of carbonyl (C=O) groups excluding carboxylic acids is 3. The monoisotopic (exact) mass is 409 g/mol. The first-order valence-corrected chi connectivity index (χ1v) is 9.86. The van der Waals surface area contributed by atoms with Gasteiger partial charge in [0.2, 0.25) is 5.91 Å².